The van der Waals surface area contributed by atoms with E-state index in [1.807, 2.05) is 0 Å². The van der Waals surface area contributed by atoms with Crippen molar-refractivity contribution in [2.24, 2.45) is 5.73 Å². The summed E-state index contributed by atoms with van der Waals surface area (Å²) in [6.07, 6.45) is 0.0488. The fourth-order valence-electron chi connectivity index (χ4n) is 0.643. The normalized spacial score (nSPS) is 16.6. The summed E-state index contributed by atoms with van der Waals surface area (Å²) >= 11 is 0. The summed E-state index contributed by atoms with van der Waals surface area (Å²) in [6.45, 7) is 1.12. The average Bonchev–Trinajstić information content (AvgIpc) is 1.97. The van der Waals surface area contributed by atoms with Crippen LogP contribution in [0.4, 0.5) is 0 Å². The third-order valence-electron chi connectivity index (χ3n) is 1.35. The van der Waals surface area contributed by atoms with E-state index >= 15 is 0 Å². The molecule has 0 aliphatic heterocycles. The average molecular weight is 217 g/mol. The number of ether oxygens (including phenoxy) is 1. The fraction of sp³-hybridized carbons (Fsp3) is 0.833. The van der Waals surface area contributed by atoms with Crippen LogP contribution in [-0.4, -0.2) is 31.9 Å². The van der Waals surface area contributed by atoms with E-state index in [0.29, 0.717) is 0 Å². The second-order valence-corrected chi connectivity index (χ2v) is 5.13. The molecule has 0 aliphatic carbocycles. The van der Waals surface area contributed by atoms with Crippen LogP contribution >= 0.6 is 7.37 Å². The Morgan fingerprint density at radius 3 is 2.46 bits per heavy atom. The summed E-state index contributed by atoms with van der Waals surface area (Å²) in [5.41, 5.74) is 5.30. The van der Waals surface area contributed by atoms with Gasteiger partial charge >= 0.3 is 35.5 Å². The molecule has 2 unspecified atom stereocenters. The quantitative estimate of drug-likeness (QED) is 0.295. The van der Waals surface area contributed by atoms with Crippen molar-refractivity contribution in [1.29, 1.82) is 0 Å². The first-order valence-electron chi connectivity index (χ1n) is 3.48. The molecule has 2 atom stereocenters. The van der Waals surface area contributed by atoms with Gasteiger partial charge in [0.15, 0.2) is 0 Å². The maximum absolute atomic E-state index is 10.7. The molecule has 0 radical (unpaired) electrons. The number of rotatable bonds is 4. The summed E-state index contributed by atoms with van der Waals surface area (Å²) in [6, 6.07) is -0.836. The number of hydrogen-bond donors (Lipinski definition) is 1. The molecule has 0 amide bonds. The number of esters is 1. The molecule has 0 fully saturated rings. The first kappa shape index (κ1) is 16.1. The molecule has 7 heteroatoms. The molecule has 0 aliphatic rings. The van der Waals surface area contributed by atoms with Gasteiger partial charge in [0.05, 0.1) is 7.11 Å². The molecule has 0 aromatic carbocycles. The van der Waals surface area contributed by atoms with Gasteiger partial charge in [0.1, 0.15) is 6.04 Å². The standard InChI is InChI=1S/C6H14NO4P.Na/c1-11-6(8)5(7)3-4-12(2,9)10;/h5H,3-4,7H2,1-2H3,(H,9,10);/q;+1/p-1. The Bertz CT molecular complexity index is 205. The Kier molecular flexibility index (Phi) is 8.63. The molecule has 2 N–H and O–H groups in total. The van der Waals surface area contributed by atoms with E-state index in [9.17, 15) is 14.3 Å². The van der Waals surface area contributed by atoms with Gasteiger partial charge in [0.25, 0.3) is 0 Å². The third kappa shape index (κ3) is 8.94. The van der Waals surface area contributed by atoms with Crippen LogP contribution in [0.15, 0.2) is 0 Å². The van der Waals surface area contributed by atoms with E-state index in [1.165, 1.54) is 7.11 Å². The van der Waals surface area contributed by atoms with Gasteiger partial charge in [-0.3, -0.25) is 4.79 Å². The number of carbonyl (C=O) groups excluding carboxylic acids is 1. The minimum atomic E-state index is -3.31. The molecule has 0 aromatic rings. The van der Waals surface area contributed by atoms with Gasteiger partial charge in [-0.25, -0.2) is 0 Å². The number of hydrogen-bond acceptors (Lipinski definition) is 5. The summed E-state index contributed by atoms with van der Waals surface area (Å²) in [7, 11) is -2.09. The molecule has 13 heavy (non-hydrogen) atoms. The van der Waals surface area contributed by atoms with Crippen molar-refractivity contribution < 1.29 is 48.5 Å². The van der Waals surface area contributed by atoms with Crippen LogP contribution < -0.4 is 40.2 Å². The molecule has 0 bridgehead atoms. The Labute approximate surface area is 99.8 Å². The summed E-state index contributed by atoms with van der Waals surface area (Å²) in [5, 5.41) is 0. The van der Waals surface area contributed by atoms with Crippen molar-refractivity contribution in [2.45, 2.75) is 12.5 Å². The van der Waals surface area contributed by atoms with Gasteiger partial charge in [0.2, 0.25) is 0 Å². The minimum absolute atomic E-state index is 0. The monoisotopic (exact) mass is 217 g/mol. The fourth-order valence-corrected chi connectivity index (χ4v) is 1.39. The Morgan fingerprint density at radius 1 is 1.69 bits per heavy atom. The molecule has 0 saturated carbocycles. The molecule has 0 heterocycles. The van der Waals surface area contributed by atoms with E-state index in [4.69, 9.17) is 5.73 Å². The summed E-state index contributed by atoms with van der Waals surface area (Å²) in [5.74, 6) is -0.580. The van der Waals surface area contributed by atoms with E-state index in [-0.39, 0.29) is 42.1 Å². The van der Waals surface area contributed by atoms with E-state index in [0.717, 1.165) is 6.66 Å². The van der Waals surface area contributed by atoms with Gasteiger partial charge in [-0.05, 0) is 19.2 Å². The van der Waals surface area contributed by atoms with Crippen molar-refractivity contribution in [3.05, 3.63) is 0 Å². The Morgan fingerprint density at radius 2 is 2.15 bits per heavy atom. The predicted octanol–water partition coefficient (Wildman–Crippen LogP) is -3.85. The van der Waals surface area contributed by atoms with Crippen LogP contribution in [0.1, 0.15) is 6.42 Å². The molecule has 72 valence electrons. The van der Waals surface area contributed by atoms with Crippen LogP contribution in [0.5, 0.6) is 0 Å². The first-order valence-corrected chi connectivity index (χ1v) is 5.73. The Hall–Kier alpha value is 0.620. The van der Waals surface area contributed by atoms with Crippen LogP contribution in [0, 0.1) is 0 Å². The number of methoxy groups -OCH3 is 1. The number of carbonyl (C=O) groups is 1. The van der Waals surface area contributed by atoms with Gasteiger partial charge in [-0.2, -0.15) is 0 Å². The van der Waals surface area contributed by atoms with Crippen LogP contribution in [-0.2, 0) is 14.1 Å². The van der Waals surface area contributed by atoms with Crippen LogP contribution in [0.25, 0.3) is 0 Å². The zero-order chi connectivity index (χ0) is 9.78. The van der Waals surface area contributed by atoms with Crippen LogP contribution in [0.3, 0.4) is 0 Å². The van der Waals surface area contributed by atoms with Crippen molar-refractivity contribution in [3.63, 3.8) is 0 Å². The maximum atomic E-state index is 10.7. The second-order valence-electron chi connectivity index (χ2n) is 2.66. The SMILES string of the molecule is COC(=O)C(N)CCP(C)(=O)[O-].[Na+]. The molecule has 5 nitrogen and oxygen atoms in total. The van der Waals surface area contributed by atoms with Gasteiger partial charge in [0, 0.05) is 7.37 Å². The van der Waals surface area contributed by atoms with E-state index in [2.05, 4.69) is 4.74 Å². The largest absolute Gasteiger partial charge is 1.00 e. The van der Waals surface area contributed by atoms with Crippen molar-refractivity contribution in [1.82, 2.24) is 0 Å². The number of nitrogens with two attached hydrogens (primary N) is 1. The molecule has 0 rings (SSSR count). The van der Waals surface area contributed by atoms with Crippen LogP contribution in [0.2, 0.25) is 0 Å². The van der Waals surface area contributed by atoms with Crippen molar-refractivity contribution in [2.75, 3.05) is 19.9 Å². The van der Waals surface area contributed by atoms with E-state index in [1.54, 1.807) is 0 Å². The Balaban J connectivity index is 0. The zero-order valence-corrected chi connectivity index (χ0v) is 11.0. The predicted molar refractivity (Wildman–Crippen MR) is 43.0 cm³/mol. The van der Waals surface area contributed by atoms with Gasteiger partial charge in [-0.15, -0.1) is 0 Å². The first-order chi connectivity index (χ1) is 5.37. The molecule has 0 aromatic heterocycles. The zero-order valence-electron chi connectivity index (χ0n) is 8.15. The van der Waals surface area contributed by atoms with Gasteiger partial charge < -0.3 is 19.9 Å². The molecular weight excluding hydrogens is 204 g/mol. The molecule has 0 spiro atoms. The topological polar surface area (TPSA) is 92.5 Å². The van der Waals surface area contributed by atoms with Gasteiger partial charge in [-0.1, -0.05) is 0 Å². The molecular formula is C6H13NNaO4P. The smallest absolute Gasteiger partial charge is 0.799 e. The molecule has 0 saturated heterocycles. The third-order valence-corrected chi connectivity index (χ3v) is 2.42. The summed E-state index contributed by atoms with van der Waals surface area (Å²) < 4.78 is 15.0. The maximum Gasteiger partial charge on any atom is 1.00 e. The minimum Gasteiger partial charge on any atom is -0.799 e. The summed E-state index contributed by atoms with van der Waals surface area (Å²) in [4.78, 5) is 21.4. The second kappa shape index (κ2) is 6.98. The van der Waals surface area contributed by atoms with Crippen molar-refractivity contribution >= 4 is 13.3 Å². The van der Waals surface area contributed by atoms with Crippen molar-refractivity contribution in [3.8, 4) is 0 Å². The van der Waals surface area contributed by atoms with E-state index < -0.39 is 19.4 Å².